The van der Waals surface area contributed by atoms with Crippen molar-refractivity contribution in [3.05, 3.63) is 0 Å². The first-order valence-corrected chi connectivity index (χ1v) is 13.1. The van der Waals surface area contributed by atoms with Gasteiger partial charge in [-0.1, -0.05) is 34.6 Å². The van der Waals surface area contributed by atoms with Crippen molar-refractivity contribution in [3.63, 3.8) is 0 Å². The van der Waals surface area contributed by atoms with E-state index in [1.807, 2.05) is 0 Å². The minimum absolute atomic E-state index is 0.166. The lowest BCUT2D eigenvalue weighted by Gasteiger charge is -2.62. The number of rotatable bonds is 5. The lowest BCUT2D eigenvalue weighted by molar-refractivity contribution is -0.172. The zero-order chi connectivity index (χ0) is 21.8. The van der Waals surface area contributed by atoms with Gasteiger partial charge in [-0.15, -0.1) is 0 Å². The third-order valence-electron chi connectivity index (χ3n) is 11.1. The first-order valence-electron chi connectivity index (χ1n) is 13.1. The molecule has 174 valence electrons. The Morgan fingerprint density at radius 2 is 1.47 bits per heavy atom. The summed E-state index contributed by atoms with van der Waals surface area (Å²) < 4.78 is 0. The number of aliphatic hydroxyl groups is 3. The summed E-state index contributed by atoms with van der Waals surface area (Å²) in [6.07, 6.45) is 10.6. The van der Waals surface area contributed by atoms with Crippen molar-refractivity contribution in [2.24, 2.45) is 52.3 Å². The van der Waals surface area contributed by atoms with Crippen LogP contribution in [-0.4, -0.2) is 33.6 Å². The summed E-state index contributed by atoms with van der Waals surface area (Å²) in [6.45, 7) is 11.7. The largest absolute Gasteiger partial charge is 0.393 e. The van der Waals surface area contributed by atoms with Crippen LogP contribution < -0.4 is 0 Å². The third-order valence-corrected chi connectivity index (χ3v) is 11.1. The molecule has 0 bridgehead atoms. The number of fused-ring (bicyclic) bond motifs is 5. The molecule has 4 aliphatic rings. The van der Waals surface area contributed by atoms with Crippen LogP contribution in [0.2, 0.25) is 0 Å². The Morgan fingerprint density at radius 1 is 0.800 bits per heavy atom. The van der Waals surface area contributed by atoms with Crippen LogP contribution in [0.15, 0.2) is 0 Å². The second-order valence-corrected chi connectivity index (χ2v) is 12.8. The molecule has 0 amide bonds. The third kappa shape index (κ3) is 3.69. The van der Waals surface area contributed by atoms with Crippen molar-refractivity contribution in [1.82, 2.24) is 0 Å². The highest BCUT2D eigenvalue weighted by Crippen LogP contribution is 2.68. The van der Waals surface area contributed by atoms with Gasteiger partial charge in [-0.2, -0.15) is 0 Å². The molecule has 0 heterocycles. The Bertz CT molecular complexity index is 605. The highest BCUT2D eigenvalue weighted by Gasteiger charge is 2.62. The topological polar surface area (TPSA) is 60.7 Å². The Hall–Kier alpha value is -0.120. The van der Waals surface area contributed by atoms with Crippen LogP contribution in [-0.2, 0) is 0 Å². The molecule has 4 aliphatic carbocycles. The van der Waals surface area contributed by atoms with Gasteiger partial charge in [0.2, 0.25) is 0 Å². The molecule has 0 spiro atoms. The van der Waals surface area contributed by atoms with E-state index in [0.717, 1.165) is 56.3 Å². The van der Waals surface area contributed by atoms with Gasteiger partial charge < -0.3 is 15.3 Å². The Kier molecular flexibility index (Phi) is 6.41. The summed E-state index contributed by atoms with van der Waals surface area (Å²) in [4.78, 5) is 0. The van der Waals surface area contributed by atoms with Crippen LogP contribution >= 0.6 is 0 Å². The summed E-state index contributed by atoms with van der Waals surface area (Å²) in [5, 5.41) is 31.7. The highest BCUT2D eigenvalue weighted by molar-refractivity contribution is 5.11. The SMILES string of the molecule is CC(C)C(O)CC[C@@H](C)[C@H]1CC[C@H]2[C@@H]3CC(O)C4CC(O)CC[C@]4(C)[C@H]3CC[C@]12C. The summed E-state index contributed by atoms with van der Waals surface area (Å²) in [5.74, 6) is 4.22. The van der Waals surface area contributed by atoms with E-state index in [-0.39, 0.29) is 23.7 Å². The van der Waals surface area contributed by atoms with Crippen molar-refractivity contribution in [2.75, 3.05) is 0 Å². The van der Waals surface area contributed by atoms with Gasteiger partial charge in [0.05, 0.1) is 18.3 Å². The number of hydrogen-bond acceptors (Lipinski definition) is 3. The van der Waals surface area contributed by atoms with Gasteiger partial charge in [0.25, 0.3) is 0 Å². The average Bonchev–Trinajstić information content (AvgIpc) is 3.04. The molecule has 0 radical (unpaired) electrons. The van der Waals surface area contributed by atoms with Crippen LogP contribution in [0.3, 0.4) is 0 Å². The zero-order valence-corrected chi connectivity index (χ0v) is 20.2. The monoisotopic (exact) mass is 420 g/mol. The fourth-order valence-corrected chi connectivity index (χ4v) is 9.22. The van der Waals surface area contributed by atoms with Crippen molar-refractivity contribution in [2.45, 2.75) is 117 Å². The van der Waals surface area contributed by atoms with E-state index in [0.29, 0.717) is 29.1 Å². The first kappa shape index (κ1) is 23.1. The lowest BCUT2D eigenvalue weighted by atomic mass is 9.44. The summed E-state index contributed by atoms with van der Waals surface area (Å²) in [6, 6.07) is 0. The average molecular weight is 421 g/mol. The van der Waals surface area contributed by atoms with E-state index >= 15 is 0 Å². The van der Waals surface area contributed by atoms with Crippen LogP contribution in [0, 0.1) is 52.3 Å². The van der Waals surface area contributed by atoms with Crippen LogP contribution in [0.4, 0.5) is 0 Å². The zero-order valence-electron chi connectivity index (χ0n) is 20.2. The standard InChI is InChI=1S/C27H48O3/c1-16(2)24(29)9-6-17(3)20-7-8-21-19-15-25(30)23-14-18(28)10-12-27(23,5)22(19)11-13-26(20,21)4/h16-25,28-30H,6-15H2,1-5H3/t17-,18?,19+,20-,21+,22+,23?,24?,25?,26-,27-/m1/s1. The number of hydrogen-bond donors (Lipinski definition) is 3. The van der Waals surface area contributed by atoms with Gasteiger partial charge in [0.1, 0.15) is 0 Å². The number of aliphatic hydroxyl groups excluding tert-OH is 3. The molecular formula is C27H48O3. The maximum atomic E-state index is 11.2. The normalized spacial score (nSPS) is 50.5. The lowest BCUT2D eigenvalue weighted by Crippen LogP contribution is -2.58. The molecule has 30 heavy (non-hydrogen) atoms. The minimum Gasteiger partial charge on any atom is -0.393 e. The Morgan fingerprint density at radius 3 is 2.17 bits per heavy atom. The molecule has 0 aromatic carbocycles. The van der Waals surface area contributed by atoms with Crippen LogP contribution in [0.5, 0.6) is 0 Å². The molecule has 4 unspecified atom stereocenters. The van der Waals surface area contributed by atoms with Crippen LogP contribution in [0.25, 0.3) is 0 Å². The summed E-state index contributed by atoms with van der Waals surface area (Å²) >= 11 is 0. The summed E-state index contributed by atoms with van der Waals surface area (Å²) in [7, 11) is 0. The fraction of sp³-hybridized carbons (Fsp3) is 1.00. The molecule has 0 aromatic rings. The Balaban J connectivity index is 1.49. The second-order valence-electron chi connectivity index (χ2n) is 12.8. The van der Waals surface area contributed by atoms with Gasteiger partial charge in [0, 0.05) is 0 Å². The van der Waals surface area contributed by atoms with Gasteiger partial charge >= 0.3 is 0 Å². The van der Waals surface area contributed by atoms with E-state index in [4.69, 9.17) is 0 Å². The second kappa shape index (κ2) is 8.34. The van der Waals surface area contributed by atoms with E-state index in [9.17, 15) is 15.3 Å². The molecule has 11 atom stereocenters. The Labute approximate surface area is 185 Å². The van der Waals surface area contributed by atoms with Crippen molar-refractivity contribution >= 4 is 0 Å². The van der Waals surface area contributed by atoms with Crippen molar-refractivity contribution in [3.8, 4) is 0 Å². The first-order chi connectivity index (χ1) is 14.1. The van der Waals surface area contributed by atoms with Crippen LogP contribution in [0.1, 0.15) is 98.8 Å². The van der Waals surface area contributed by atoms with Crippen molar-refractivity contribution in [1.29, 1.82) is 0 Å². The fourth-order valence-electron chi connectivity index (χ4n) is 9.22. The molecule has 0 aliphatic heterocycles. The quantitative estimate of drug-likeness (QED) is 0.557. The predicted octanol–water partition coefficient (Wildman–Crippen LogP) is 5.41. The molecule has 4 rings (SSSR count). The van der Waals surface area contributed by atoms with Gasteiger partial charge in [-0.25, -0.2) is 0 Å². The van der Waals surface area contributed by atoms with E-state index in [1.54, 1.807) is 0 Å². The molecule has 3 heteroatoms. The molecule has 0 saturated heterocycles. The minimum atomic E-state index is -0.230. The predicted molar refractivity (Wildman–Crippen MR) is 122 cm³/mol. The maximum absolute atomic E-state index is 11.2. The smallest absolute Gasteiger partial charge is 0.0577 e. The molecular weight excluding hydrogens is 372 g/mol. The summed E-state index contributed by atoms with van der Waals surface area (Å²) in [5.41, 5.74) is 0.619. The molecule has 3 nitrogen and oxygen atoms in total. The maximum Gasteiger partial charge on any atom is 0.0577 e. The van der Waals surface area contributed by atoms with E-state index in [1.165, 1.54) is 25.7 Å². The van der Waals surface area contributed by atoms with Gasteiger partial charge in [0.15, 0.2) is 0 Å². The molecule has 0 aromatic heterocycles. The van der Waals surface area contributed by atoms with E-state index in [2.05, 4.69) is 34.6 Å². The highest BCUT2D eigenvalue weighted by atomic mass is 16.3. The van der Waals surface area contributed by atoms with Gasteiger partial charge in [-0.3, -0.25) is 0 Å². The van der Waals surface area contributed by atoms with Crippen molar-refractivity contribution < 1.29 is 15.3 Å². The molecule has 4 saturated carbocycles. The van der Waals surface area contributed by atoms with Gasteiger partial charge in [-0.05, 0) is 116 Å². The van der Waals surface area contributed by atoms with E-state index < -0.39 is 0 Å². The molecule has 4 fully saturated rings. The molecule has 3 N–H and O–H groups in total.